The van der Waals surface area contributed by atoms with Crippen molar-refractivity contribution in [2.24, 2.45) is 11.8 Å². The van der Waals surface area contributed by atoms with E-state index in [2.05, 4.69) is 5.32 Å². The molecule has 3 rings (SSSR count). The molecule has 1 aliphatic carbocycles. The van der Waals surface area contributed by atoms with Gasteiger partial charge in [0.1, 0.15) is 0 Å². The van der Waals surface area contributed by atoms with E-state index in [9.17, 15) is 9.59 Å². The summed E-state index contributed by atoms with van der Waals surface area (Å²) in [6, 6.07) is 9.89. The molecule has 1 aromatic carbocycles. The average Bonchev–Trinajstić information content (AvgIpc) is 2.67. The lowest BCUT2D eigenvalue weighted by Gasteiger charge is -2.34. The molecule has 0 bridgehead atoms. The van der Waals surface area contributed by atoms with Gasteiger partial charge in [-0.2, -0.15) is 0 Å². The zero-order valence-electron chi connectivity index (χ0n) is 14.1. The average molecular weight is 326 g/mol. The molecular weight excluding hydrogens is 300 g/mol. The summed E-state index contributed by atoms with van der Waals surface area (Å²) in [5.41, 5.74) is 1.08. The van der Waals surface area contributed by atoms with Crippen LogP contribution in [0.15, 0.2) is 42.5 Å². The predicted octanol–water partition coefficient (Wildman–Crippen LogP) is 2.90. The minimum absolute atomic E-state index is 0.00133. The molecule has 0 aromatic heterocycles. The van der Waals surface area contributed by atoms with Gasteiger partial charge in [0.15, 0.2) is 0 Å². The maximum atomic E-state index is 12.9. The lowest BCUT2D eigenvalue weighted by Crippen LogP contribution is -2.46. The number of amides is 2. The second-order valence-electron chi connectivity index (χ2n) is 6.75. The number of carbonyl (C=O) groups excluding carboxylic acids is 2. The highest BCUT2D eigenvalue weighted by atomic mass is 16.2. The summed E-state index contributed by atoms with van der Waals surface area (Å²) in [5, 5.41) is 3.01. The molecule has 1 aromatic rings. The number of nitrogens with one attached hydrogen (secondary N) is 1. The first kappa shape index (κ1) is 16.7. The Bertz CT molecular complexity index is 591. The molecule has 2 atom stereocenters. The maximum absolute atomic E-state index is 12.9. The van der Waals surface area contributed by atoms with Crippen LogP contribution in [0.1, 0.15) is 37.7 Å². The lowest BCUT2D eigenvalue weighted by atomic mass is 9.81. The Kier molecular flexibility index (Phi) is 5.68. The van der Waals surface area contributed by atoms with Crippen LogP contribution in [0.25, 0.3) is 0 Å². The van der Waals surface area contributed by atoms with Crippen LogP contribution in [0.2, 0.25) is 0 Å². The number of hydrogen-bond acceptors (Lipinski definition) is 2. The van der Waals surface area contributed by atoms with E-state index in [1.807, 2.05) is 47.4 Å². The Balaban J connectivity index is 1.62. The van der Waals surface area contributed by atoms with Crippen LogP contribution in [0.3, 0.4) is 0 Å². The van der Waals surface area contributed by atoms with Gasteiger partial charge in [-0.15, -0.1) is 0 Å². The van der Waals surface area contributed by atoms with Gasteiger partial charge in [0, 0.05) is 19.6 Å². The van der Waals surface area contributed by atoms with E-state index in [-0.39, 0.29) is 23.7 Å². The van der Waals surface area contributed by atoms with Crippen molar-refractivity contribution in [1.82, 2.24) is 10.2 Å². The summed E-state index contributed by atoms with van der Waals surface area (Å²) in [6.45, 7) is 2.21. The molecule has 128 valence electrons. The first-order chi connectivity index (χ1) is 11.8. The van der Waals surface area contributed by atoms with Gasteiger partial charge in [-0.05, 0) is 37.7 Å². The Labute approximate surface area is 143 Å². The van der Waals surface area contributed by atoms with E-state index in [4.69, 9.17) is 0 Å². The summed E-state index contributed by atoms with van der Waals surface area (Å²) in [4.78, 5) is 27.5. The van der Waals surface area contributed by atoms with E-state index < -0.39 is 0 Å². The SMILES string of the molecule is O=C(NCc1ccccc1)[C@H]1CC=CC[C@@H]1C(=O)N1CCCCC1. The third kappa shape index (κ3) is 4.05. The highest BCUT2D eigenvalue weighted by Gasteiger charge is 2.36. The monoisotopic (exact) mass is 326 g/mol. The molecule has 1 saturated heterocycles. The number of rotatable bonds is 4. The lowest BCUT2D eigenvalue weighted by molar-refractivity contribution is -0.142. The molecular formula is C20H26N2O2. The van der Waals surface area contributed by atoms with Crippen molar-refractivity contribution < 1.29 is 9.59 Å². The smallest absolute Gasteiger partial charge is 0.226 e. The Morgan fingerprint density at radius 1 is 0.958 bits per heavy atom. The molecule has 1 heterocycles. The van der Waals surface area contributed by atoms with Crippen LogP contribution < -0.4 is 5.32 Å². The molecule has 4 heteroatoms. The molecule has 0 spiro atoms. The van der Waals surface area contributed by atoms with Crippen molar-refractivity contribution in [3.63, 3.8) is 0 Å². The van der Waals surface area contributed by atoms with Crippen molar-refractivity contribution in [3.8, 4) is 0 Å². The third-order valence-electron chi connectivity index (χ3n) is 5.06. The summed E-state index contributed by atoms with van der Waals surface area (Å²) in [7, 11) is 0. The first-order valence-corrected chi connectivity index (χ1v) is 9.01. The van der Waals surface area contributed by atoms with Crippen LogP contribution >= 0.6 is 0 Å². The molecule has 2 aliphatic rings. The van der Waals surface area contributed by atoms with E-state index >= 15 is 0 Å². The van der Waals surface area contributed by atoms with Crippen molar-refractivity contribution in [2.45, 2.75) is 38.6 Å². The van der Waals surface area contributed by atoms with E-state index in [0.717, 1.165) is 31.5 Å². The number of piperidine rings is 1. The largest absolute Gasteiger partial charge is 0.352 e. The molecule has 1 fully saturated rings. The second kappa shape index (κ2) is 8.13. The van der Waals surface area contributed by atoms with Crippen molar-refractivity contribution in [2.75, 3.05) is 13.1 Å². The molecule has 4 nitrogen and oxygen atoms in total. The van der Waals surface area contributed by atoms with Gasteiger partial charge in [-0.25, -0.2) is 0 Å². The number of allylic oxidation sites excluding steroid dienone is 2. The van der Waals surface area contributed by atoms with E-state index in [1.54, 1.807) is 0 Å². The standard InChI is InChI=1S/C20H26N2O2/c23-19(21-15-16-9-3-1-4-10-16)17-11-5-6-12-18(17)20(24)22-13-7-2-8-14-22/h1,3-6,9-10,17-18H,2,7-8,11-15H2,(H,21,23)/t17-,18-/m0/s1. The van der Waals surface area contributed by atoms with Gasteiger partial charge < -0.3 is 10.2 Å². The molecule has 1 aliphatic heterocycles. The van der Waals surface area contributed by atoms with Crippen molar-refractivity contribution in [1.29, 1.82) is 0 Å². The summed E-state index contributed by atoms with van der Waals surface area (Å²) >= 11 is 0. The summed E-state index contributed by atoms with van der Waals surface area (Å²) in [5.74, 6) is -0.283. The van der Waals surface area contributed by atoms with Gasteiger partial charge >= 0.3 is 0 Å². The van der Waals surface area contributed by atoms with Crippen LogP contribution in [-0.2, 0) is 16.1 Å². The molecule has 24 heavy (non-hydrogen) atoms. The van der Waals surface area contributed by atoms with Gasteiger partial charge in [0.25, 0.3) is 0 Å². The van der Waals surface area contributed by atoms with Crippen LogP contribution in [0, 0.1) is 11.8 Å². The van der Waals surface area contributed by atoms with Gasteiger partial charge in [-0.1, -0.05) is 42.5 Å². The van der Waals surface area contributed by atoms with Crippen molar-refractivity contribution >= 4 is 11.8 Å². The summed E-state index contributed by atoms with van der Waals surface area (Å²) in [6.07, 6.45) is 8.79. The fourth-order valence-corrected chi connectivity index (χ4v) is 3.64. The molecule has 2 amide bonds. The van der Waals surface area contributed by atoms with Gasteiger partial charge in [0.05, 0.1) is 11.8 Å². The number of carbonyl (C=O) groups is 2. The van der Waals surface area contributed by atoms with Crippen LogP contribution in [0.4, 0.5) is 0 Å². The van der Waals surface area contributed by atoms with Crippen molar-refractivity contribution in [3.05, 3.63) is 48.0 Å². The fraction of sp³-hybridized carbons (Fsp3) is 0.500. The fourth-order valence-electron chi connectivity index (χ4n) is 3.64. The second-order valence-corrected chi connectivity index (χ2v) is 6.75. The minimum atomic E-state index is -0.242. The first-order valence-electron chi connectivity index (χ1n) is 9.01. The zero-order chi connectivity index (χ0) is 16.8. The highest BCUT2D eigenvalue weighted by molar-refractivity contribution is 5.88. The molecule has 0 saturated carbocycles. The Hall–Kier alpha value is -2.10. The highest BCUT2D eigenvalue weighted by Crippen LogP contribution is 2.29. The minimum Gasteiger partial charge on any atom is -0.352 e. The number of nitrogens with zero attached hydrogens (tertiary/aromatic N) is 1. The Morgan fingerprint density at radius 3 is 2.33 bits per heavy atom. The predicted molar refractivity (Wildman–Crippen MR) is 94.1 cm³/mol. The molecule has 1 N–H and O–H groups in total. The van der Waals surface area contributed by atoms with E-state index in [0.29, 0.717) is 19.4 Å². The Morgan fingerprint density at radius 2 is 1.62 bits per heavy atom. The third-order valence-corrected chi connectivity index (χ3v) is 5.06. The van der Waals surface area contributed by atoms with Gasteiger partial charge in [-0.3, -0.25) is 9.59 Å². The van der Waals surface area contributed by atoms with Crippen LogP contribution in [-0.4, -0.2) is 29.8 Å². The van der Waals surface area contributed by atoms with E-state index in [1.165, 1.54) is 6.42 Å². The summed E-state index contributed by atoms with van der Waals surface area (Å²) < 4.78 is 0. The van der Waals surface area contributed by atoms with Crippen LogP contribution in [0.5, 0.6) is 0 Å². The number of benzene rings is 1. The molecule has 0 unspecified atom stereocenters. The number of hydrogen-bond donors (Lipinski definition) is 1. The molecule has 0 radical (unpaired) electrons. The topological polar surface area (TPSA) is 49.4 Å². The zero-order valence-corrected chi connectivity index (χ0v) is 14.1. The quantitative estimate of drug-likeness (QED) is 0.865. The normalized spacial score (nSPS) is 23.8. The number of likely N-dealkylation sites (tertiary alicyclic amines) is 1. The van der Waals surface area contributed by atoms with Gasteiger partial charge in [0.2, 0.25) is 11.8 Å². The maximum Gasteiger partial charge on any atom is 0.226 e.